The van der Waals surface area contributed by atoms with Crippen LogP contribution >= 0.6 is 11.6 Å². The van der Waals surface area contributed by atoms with Gasteiger partial charge in [-0.25, -0.2) is 19.2 Å². The maximum absolute atomic E-state index is 11.5. The molecule has 0 aliphatic heterocycles. The molecule has 0 fully saturated rings. The van der Waals surface area contributed by atoms with E-state index in [0.717, 1.165) is 17.0 Å². The summed E-state index contributed by atoms with van der Waals surface area (Å²) in [6.07, 6.45) is 2.96. The van der Waals surface area contributed by atoms with Crippen LogP contribution in [0.3, 0.4) is 0 Å². The van der Waals surface area contributed by atoms with Gasteiger partial charge in [0.25, 0.3) is 5.91 Å². The highest BCUT2D eigenvalue weighted by Gasteiger charge is 2.18. The Morgan fingerprint density at radius 1 is 1.16 bits per heavy atom. The summed E-state index contributed by atoms with van der Waals surface area (Å²) in [6, 6.07) is 11.0. The number of rotatable bonds is 4. The van der Waals surface area contributed by atoms with Crippen molar-refractivity contribution in [2.75, 3.05) is 0 Å². The van der Waals surface area contributed by atoms with E-state index in [1.54, 1.807) is 22.8 Å². The van der Waals surface area contributed by atoms with Crippen LogP contribution < -0.4 is 5.73 Å². The summed E-state index contributed by atoms with van der Waals surface area (Å²) in [6.45, 7) is 0.244. The molecule has 2 N–H and O–H groups in total. The first-order valence-electron chi connectivity index (χ1n) is 7.39. The van der Waals surface area contributed by atoms with Gasteiger partial charge in [-0.15, -0.1) is 0 Å². The number of benzene rings is 1. The first kappa shape index (κ1) is 15.3. The number of primary amides is 1. The number of carbonyl (C=O) groups excluding carboxylic acids is 1. The summed E-state index contributed by atoms with van der Waals surface area (Å²) in [5.41, 5.74) is 8.39. The van der Waals surface area contributed by atoms with Crippen LogP contribution in [0, 0.1) is 0 Å². The number of imidazole rings is 1. The molecule has 0 unspecified atom stereocenters. The third-order valence-corrected chi connectivity index (χ3v) is 3.99. The highest BCUT2D eigenvalue weighted by atomic mass is 35.5. The van der Waals surface area contributed by atoms with Crippen molar-refractivity contribution in [3.8, 4) is 11.3 Å². The fraction of sp³-hybridized carbons (Fsp3) is 0.0625. The monoisotopic (exact) mass is 353 g/mol. The number of nitrogens with zero attached hydrogens (tertiary/aromatic N) is 6. The Labute approximate surface area is 146 Å². The highest BCUT2D eigenvalue weighted by Crippen LogP contribution is 2.26. The second kappa shape index (κ2) is 5.99. The normalized spacial score (nSPS) is 11.1. The van der Waals surface area contributed by atoms with E-state index in [1.807, 2.05) is 24.3 Å². The Morgan fingerprint density at radius 3 is 2.72 bits per heavy atom. The van der Waals surface area contributed by atoms with E-state index in [2.05, 4.69) is 20.2 Å². The summed E-state index contributed by atoms with van der Waals surface area (Å²) in [5.74, 6) is -0.569. The number of hydrogen-bond donors (Lipinski definition) is 1. The van der Waals surface area contributed by atoms with E-state index in [9.17, 15) is 4.79 Å². The lowest BCUT2D eigenvalue weighted by atomic mass is 10.1. The van der Waals surface area contributed by atoms with Gasteiger partial charge in [0.15, 0.2) is 5.65 Å². The van der Waals surface area contributed by atoms with E-state index in [4.69, 9.17) is 17.3 Å². The summed E-state index contributed by atoms with van der Waals surface area (Å²) >= 11 is 5.98. The summed E-state index contributed by atoms with van der Waals surface area (Å²) in [4.78, 5) is 20.1. The summed E-state index contributed by atoms with van der Waals surface area (Å²) in [5, 5.41) is 9.07. The molecule has 4 rings (SSSR count). The van der Waals surface area contributed by atoms with Gasteiger partial charge in [-0.3, -0.25) is 4.79 Å². The predicted octanol–water partition coefficient (Wildman–Crippen LogP) is 1.79. The van der Waals surface area contributed by atoms with Crippen LogP contribution in [0.15, 0.2) is 48.9 Å². The number of nitrogens with two attached hydrogens (primary N) is 1. The molecule has 0 atom stereocenters. The molecule has 4 aromatic rings. The van der Waals surface area contributed by atoms with Crippen molar-refractivity contribution in [1.82, 2.24) is 29.4 Å². The van der Waals surface area contributed by atoms with Crippen LogP contribution in [-0.4, -0.2) is 35.3 Å². The van der Waals surface area contributed by atoms with E-state index in [0.29, 0.717) is 10.7 Å². The van der Waals surface area contributed by atoms with Crippen molar-refractivity contribution in [1.29, 1.82) is 0 Å². The first-order valence-corrected chi connectivity index (χ1v) is 7.77. The third kappa shape index (κ3) is 2.72. The van der Waals surface area contributed by atoms with E-state index < -0.39 is 5.91 Å². The Balaban J connectivity index is 1.89. The second-order valence-corrected chi connectivity index (χ2v) is 5.75. The molecule has 0 bridgehead atoms. The molecule has 3 heterocycles. The molecule has 0 saturated carbocycles. The second-order valence-electron chi connectivity index (χ2n) is 5.31. The summed E-state index contributed by atoms with van der Waals surface area (Å²) in [7, 11) is 0. The molecule has 0 aliphatic carbocycles. The molecule has 0 aliphatic rings. The van der Waals surface area contributed by atoms with Gasteiger partial charge in [0, 0.05) is 16.8 Å². The SMILES string of the molecule is NC(=O)c1ncnn1Cc1c(-c2ccc(Cl)cc2)nc2cccnn12. The molecule has 3 aromatic heterocycles. The van der Waals surface area contributed by atoms with Crippen LogP contribution in [0.4, 0.5) is 0 Å². The molecule has 1 amide bonds. The predicted molar refractivity (Wildman–Crippen MR) is 91.1 cm³/mol. The van der Waals surface area contributed by atoms with Gasteiger partial charge in [0.2, 0.25) is 5.82 Å². The number of carbonyl (C=O) groups is 1. The van der Waals surface area contributed by atoms with Crippen LogP contribution in [0.1, 0.15) is 16.3 Å². The Hall–Kier alpha value is -3.26. The minimum Gasteiger partial charge on any atom is -0.363 e. The molecule has 1 aromatic carbocycles. The number of amides is 1. The smallest absolute Gasteiger partial charge is 0.286 e. The van der Waals surface area contributed by atoms with Crippen molar-refractivity contribution in [2.45, 2.75) is 6.54 Å². The molecular weight excluding hydrogens is 342 g/mol. The number of hydrogen-bond acceptors (Lipinski definition) is 5. The zero-order valence-corrected chi connectivity index (χ0v) is 13.6. The lowest BCUT2D eigenvalue weighted by molar-refractivity contribution is 0.0985. The molecule has 0 saturated heterocycles. The van der Waals surface area contributed by atoms with E-state index in [-0.39, 0.29) is 12.4 Å². The zero-order chi connectivity index (χ0) is 17.4. The minimum absolute atomic E-state index is 0.0768. The molecule has 8 nitrogen and oxygen atoms in total. The van der Waals surface area contributed by atoms with Crippen LogP contribution in [0.2, 0.25) is 5.02 Å². The summed E-state index contributed by atoms with van der Waals surface area (Å²) < 4.78 is 3.14. The third-order valence-electron chi connectivity index (χ3n) is 3.74. The van der Waals surface area contributed by atoms with Crippen molar-refractivity contribution in [2.24, 2.45) is 5.73 Å². The van der Waals surface area contributed by atoms with Gasteiger partial charge in [0.1, 0.15) is 6.33 Å². The van der Waals surface area contributed by atoms with Crippen molar-refractivity contribution >= 4 is 23.2 Å². The van der Waals surface area contributed by atoms with Crippen molar-refractivity contribution < 1.29 is 4.79 Å². The van der Waals surface area contributed by atoms with Gasteiger partial charge < -0.3 is 5.73 Å². The van der Waals surface area contributed by atoms with Gasteiger partial charge in [-0.1, -0.05) is 23.7 Å². The van der Waals surface area contributed by atoms with Crippen molar-refractivity contribution in [3.63, 3.8) is 0 Å². The topological polar surface area (TPSA) is 104 Å². The van der Waals surface area contributed by atoms with Gasteiger partial charge >= 0.3 is 0 Å². The fourth-order valence-corrected chi connectivity index (χ4v) is 2.76. The maximum atomic E-state index is 11.5. The molecule has 0 spiro atoms. The average Bonchev–Trinajstić information content (AvgIpc) is 3.21. The lowest BCUT2D eigenvalue weighted by Gasteiger charge is -2.06. The van der Waals surface area contributed by atoms with Crippen LogP contribution in [0.25, 0.3) is 16.9 Å². The number of fused-ring (bicyclic) bond motifs is 1. The van der Waals surface area contributed by atoms with Gasteiger partial charge in [0.05, 0.1) is 17.9 Å². The standard InChI is InChI=1S/C16H12ClN7O/c17-11-5-3-10(4-6-11)14-12(24-13(22-14)2-1-7-20-24)8-23-16(15(18)25)19-9-21-23/h1-7,9H,8H2,(H2,18,25). The highest BCUT2D eigenvalue weighted by molar-refractivity contribution is 6.30. The Bertz CT molecular complexity index is 1070. The van der Waals surface area contributed by atoms with Crippen molar-refractivity contribution in [3.05, 3.63) is 65.5 Å². The first-order chi connectivity index (χ1) is 12.1. The quantitative estimate of drug-likeness (QED) is 0.602. The fourth-order valence-electron chi connectivity index (χ4n) is 2.63. The number of halogens is 1. The number of aromatic nitrogens is 6. The Morgan fingerprint density at radius 2 is 1.96 bits per heavy atom. The minimum atomic E-state index is -0.646. The van der Waals surface area contributed by atoms with Crippen LogP contribution in [0.5, 0.6) is 0 Å². The van der Waals surface area contributed by atoms with Gasteiger partial charge in [-0.05, 0) is 24.3 Å². The molecule has 0 radical (unpaired) electrons. The van der Waals surface area contributed by atoms with E-state index >= 15 is 0 Å². The maximum Gasteiger partial charge on any atom is 0.286 e. The lowest BCUT2D eigenvalue weighted by Crippen LogP contribution is -2.20. The van der Waals surface area contributed by atoms with E-state index in [1.165, 1.54) is 11.0 Å². The Kier molecular flexibility index (Phi) is 3.66. The van der Waals surface area contributed by atoms with Gasteiger partial charge in [-0.2, -0.15) is 10.2 Å². The zero-order valence-electron chi connectivity index (χ0n) is 12.9. The molecule has 9 heteroatoms. The van der Waals surface area contributed by atoms with Crippen LogP contribution in [-0.2, 0) is 6.54 Å². The molecular formula is C16H12ClN7O. The molecule has 25 heavy (non-hydrogen) atoms. The average molecular weight is 354 g/mol. The molecule has 124 valence electrons. The largest absolute Gasteiger partial charge is 0.363 e.